The fourth-order valence-corrected chi connectivity index (χ4v) is 3.35. The smallest absolute Gasteiger partial charge is 0.281 e. The molecule has 0 aliphatic carbocycles. The van der Waals surface area contributed by atoms with Crippen LogP contribution in [-0.4, -0.2) is 44.8 Å². The summed E-state index contributed by atoms with van der Waals surface area (Å²) in [6, 6.07) is 16.8. The number of fused-ring (bicyclic) bond motifs is 1. The number of nitrogens with two attached hydrogens (primary N) is 1. The number of amides is 1. The van der Waals surface area contributed by atoms with Crippen LogP contribution in [0.1, 0.15) is 20.7 Å². The molecule has 0 bridgehead atoms. The van der Waals surface area contributed by atoms with Crippen molar-refractivity contribution < 1.29 is 19.1 Å². The van der Waals surface area contributed by atoms with Crippen LogP contribution >= 0.6 is 0 Å². The first-order valence-corrected chi connectivity index (χ1v) is 10.1. The lowest BCUT2D eigenvalue weighted by Crippen LogP contribution is -2.20. The van der Waals surface area contributed by atoms with Gasteiger partial charge in [0.2, 0.25) is 11.8 Å². The minimum atomic E-state index is -0.456. The van der Waals surface area contributed by atoms with E-state index in [2.05, 4.69) is 20.4 Å². The van der Waals surface area contributed by atoms with Gasteiger partial charge < -0.3 is 20.5 Å². The van der Waals surface area contributed by atoms with Gasteiger partial charge in [0.1, 0.15) is 18.9 Å². The summed E-state index contributed by atoms with van der Waals surface area (Å²) in [6.45, 7) is 0.814. The molecule has 3 N–H and O–H groups in total. The fraction of sp³-hybridized carbons (Fsp3) is 0.0870. The number of nitrogen functional groups attached to an aromatic ring is 1. The maximum Gasteiger partial charge on any atom is 0.281 e. The maximum absolute atomic E-state index is 12.9. The molecule has 0 saturated heterocycles. The third kappa shape index (κ3) is 3.97. The molecule has 0 saturated carbocycles. The maximum atomic E-state index is 12.9. The van der Waals surface area contributed by atoms with Gasteiger partial charge in [0, 0.05) is 17.4 Å². The molecule has 1 amide bonds. The van der Waals surface area contributed by atoms with E-state index < -0.39 is 5.91 Å². The summed E-state index contributed by atoms with van der Waals surface area (Å²) in [5.74, 6) is 0.347. The summed E-state index contributed by atoms with van der Waals surface area (Å²) in [5, 5.41) is 6.98. The third-order valence-electron chi connectivity index (χ3n) is 4.92. The highest BCUT2D eigenvalue weighted by atomic mass is 16.6. The number of hydrogen-bond donors (Lipinski definition) is 2. The SMILES string of the molecule is Nc1nc(-c2ccccn2)nn1C(=O)c1ccc(NC(=O)c2cccc3c2OCCO3)cc1. The largest absolute Gasteiger partial charge is 0.486 e. The molecule has 3 heterocycles. The molecule has 5 rings (SSSR count). The van der Waals surface area contributed by atoms with Crippen LogP contribution in [0.15, 0.2) is 66.9 Å². The first-order chi connectivity index (χ1) is 16.1. The highest BCUT2D eigenvalue weighted by Gasteiger charge is 2.21. The number of para-hydroxylation sites is 1. The van der Waals surface area contributed by atoms with Gasteiger partial charge in [-0.15, -0.1) is 5.10 Å². The molecule has 2 aromatic heterocycles. The summed E-state index contributed by atoms with van der Waals surface area (Å²) in [5.41, 5.74) is 7.60. The average molecular weight is 442 g/mol. The Morgan fingerprint density at radius 3 is 2.58 bits per heavy atom. The van der Waals surface area contributed by atoms with E-state index in [4.69, 9.17) is 15.2 Å². The van der Waals surface area contributed by atoms with E-state index in [0.717, 1.165) is 4.68 Å². The number of anilines is 2. The Balaban J connectivity index is 1.33. The lowest BCUT2D eigenvalue weighted by atomic mass is 10.1. The Bertz CT molecular complexity index is 1340. The van der Waals surface area contributed by atoms with Crippen molar-refractivity contribution in [2.45, 2.75) is 0 Å². The van der Waals surface area contributed by atoms with E-state index in [1.165, 1.54) is 0 Å². The van der Waals surface area contributed by atoms with Crippen LogP contribution in [0.3, 0.4) is 0 Å². The number of hydrogen-bond acceptors (Lipinski definition) is 8. The Morgan fingerprint density at radius 1 is 0.970 bits per heavy atom. The predicted octanol–water partition coefficient (Wildman–Crippen LogP) is 2.63. The van der Waals surface area contributed by atoms with E-state index in [-0.39, 0.29) is 17.7 Å². The van der Waals surface area contributed by atoms with Gasteiger partial charge in [-0.25, -0.2) is 0 Å². The van der Waals surface area contributed by atoms with Gasteiger partial charge in [0.15, 0.2) is 11.5 Å². The molecule has 164 valence electrons. The molecule has 0 fully saturated rings. The van der Waals surface area contributed by atoms with E-state index in [9.17, 15) is 9.59 Å². The van der Waals surface area contributed by atoms with Gasteiger partial charge in [0.05, 0.1) is 5.56 Å². The Morgan fingerprint density at radius 2 is 1.79 bits per heavy atom. The number of pyridine rings is 1. The van der Waals surface area contributed by atoms with Crippen molar-refractivity contribution in [3.8, 4) is 23.0 Å². The summed E-state index contributed by atoms with van der Waals surface area (Å²) >= 11 is 0. The van der Waals surface area contributed by atoms with Gasteiger partial charge in [-0.1, -0.05) is 12.1 Å². The normalized spacial score (nSPS) is 12.2. The van der Waals surface area contributed by atoms with Crippen LogP contribution in [0.5, 0.6) is 11.5 Å². The molecule has 10 heteroatoms. The lowest BCUT2D eigenvalue weighted by molar-refractivity contribution is 0.0947. The second-order valence-corrected chi connectivity index (χ2v) is 7.09. The van der Waals surface area contributed by atoms with Gasteiger partial charge in [0.25, 0.3) is 11.8 Å². The highest BCUT2D eigenvalue weighted by Crippen LogP contribution is 2.34. The quantitative estimate of drug-likeness (QED) is 0.493. The minimum Gasteiger partial charge on any atom is -0.486 e. The van der Waals surface area contributed by atoms with Crippen molar-refractivity contribution in [2.24, 2.45) is 0 Å². The van der Waals surface area contributed by atoms with Crippen molar-refractivity contribution in [1.82, 2.24) is 19.7 Å². The molecule has 4 aromatic rings. The Kier molecular flexibility index (Phi) is 5.15. The third-order valence-corrected chi connectivity index (χ3v) is 4.92. The van der Waals surface area contributed by atoms with Crippen LogP contribution in [0.4, 0.5) is 11.6 Å². The number of nitrogens with zero attached hydrogens (tertiary/aromatic N) is 4. The molecule has 33 heavy (non-hydrogen) atoms. The van der Waals surface area contributed by atoms with Gasteiger partial charge in [-0.3, -0.25) is 14.6 Å². The van der Waals surface area contributed by atoms with Gasteiger partial charge >= 0.3 is 0 Å². The number of carbonyl (C=O) groups excluding carboxylic acids is 2. The standard InChI is InChI=1S/C23H18N6O4/c24-23-27-20(17-5-1-2-11-25-17)28-29(23)22(31)14-7-9-15(10-8-14)26-21(30)16-4-3-6-18-19(16)33-13-12-32-18/h1-11H,12-13H2,(H,26,30)(H2,24,27,28). The predicted molar refractivity (Wildman–Crippen MR) is 119 cm³/mol. The van der Waals surface area contributed by atoms with Crippen LogP contribution in [-0.2, 0) is 0 Å². The second kappa shape index (κ2) is 8.42. The zero-order valence-corrected chi connectivity index (χ0v) is 17.3. The number of rotatable bonds is 4. The molecule has 0 spiro atoms. The van der Waals surface area contributed by atoms with Crippen molar-refractivity contribution in [3.63, 3.8) is 0 Å². The number of benzene rings is 2. The Labute approximate surface area is 188 Å². The topological polar surface area (TPSA) is 134 Å². The van der Waals surface area contributed by atoms with Crippen LogP contribution in [0, 0.1) is 0 Å². The van der Waals surface area contributed by atoms with Crippen LogP contribution < -0.4 is 20.5 Å². The van der Waals surface area contributed by atoms with Crippen LogP contribution in [0.2, 0.25) is 0 Å². The monoisotopic (exact) mass is 442 g/mol. The summed E-state index contributed by atoms with van der Waals surface area (Å²) < 4.78 is 12.1. The second-order valence-electron chi connectivity index (χ2n) is 7.09. The highest BCUT2D eigenvalue weighted by molar-refractivity contribution is 6.07. The molecule has 0 unspecified atom stereocenters. The lowest BCUT2D eigenvalue weighted by Gasteiger charge is -2.20. The van der Waals surface area contributed by atoms with Crippen molar-refractivity contribution >= 4 is 23.5 Å². The molecule has 10 nitrogen and oxygen atoms in total. The van der Waals surface area contributed by atoms with E-state index in [0.29, 0.717) is 47.2 Å². The zero-order chi connectivity index (χ0) is 22.8. The van der Waals surface area contributed by atoms with E-state index >= 15 is 0 Å². The minimum absolute atomic E-state index is 0.0471. The van der Waals surface area contributed by atoms with E-state index in [1.54, 1.807) is 66.9 Å². The molecule has 2 aromatic carbocycles. The summed E-state index contributed by atoms with van der Waals surface area (Å²) in [7, 11) is 0. The number of nitrogens with one attached hydrogen (secondary N) is 1. The van der Waals surface area contributed by atoms with Crippen molar-refractivity contribution in [1.29, 1.82) is 0 Å². The average Bonchev–Trinajstić information content (AvgIpc) is 3.25. The number of aromatic nitrogens is 4. The first-order valence-electron chi connectivity index (χ1n) is 10.1. The van der Waals surface area contributed by atoms with Crippen LogP contribution in [0.25, 0.3) is 11.5 Å². The fourth-order valence-electron chi connectivity index (χ4n) is 3.35. The summed E-state index contributed by atoms with van der Waals surface area (Å²) in [6.07, 6.45) is 1.60. The van der Waals surface area contributed by atoms with Crippen molar-refractivity contribution in [3.05, 3.63) is 78.0 Å². The number of carbonyl (C=O) groups is 2. The molecule has 0 radical (unpaired) electrons. The molecule has 1 aliphatic rings. The van der Waals surface area contributed by atoms with Crippen molar-refractivity contribution in [2.75, 3.05) is 24.3 Å². The number of ether oxygens (including phenoxy) is 2. The van der Waals surface area contributed by atoms with E-state index in [1.807, 2.05) is 0 Å². The van der Waals surface area contributed by atoms with Gasteiger partial charge in [-0.05, 0) is 48.5 Å². The first kappa shape index (κ1) is 20.2. The molecule has 1 aliphatic heterocycles. The van der Waals surface area contributed by atoms with Gasteiger partial charge in [-0.2, -0.15) is 9.67 Å². The molecular formula is C23H18N6O4. The molecular weight excluding hydrogens is 424 g/mol. The Hall–Kier alpha value is -4.73. The summed E-state index contributed by atoms with van der Waals surface area (Å²) in [4.78, 5) is 33.9. The zero-order valence-electron chi connectivity index (χ0n) is 17.3. The molecule has 0 atom stereocenters.